The van der Waals surface area contributed by atoms with E-state index in [2.05, 4.69) is 5.32 Å². The molecule has 2 aromatic carbocycles. The number of hydrogen-bond acceptors (Lipinski definition) is 5. The Hall–Kier alpha value is -3.20. The molecule has 0 fully saturated rings. The second kappa shape index (κ2) is 8.66. The van der Waals surface area contributed by atoms with Gasteiger partial charge < -0.3 is 10.2 Å². The summed E-state index contributed by atoms with van der Waals surface area (Å²) in [5, 5.41) is 2.52. The molecule has 0 saturated carbocycles. The summed E-state index contributed by atoms with van der Waals surface area (Å²) >= 11 is 0. The minimum absolute atomic E-state index is 0.0534. The van der Waals surface area contributed by atoms with E-state index in [0.29, 0.717) is 0 Å². The van der Waals surface area contributed by atoms with Gasteiger partial charge in [0.15, 0.2) is 0 Å². The standard InChI is InChI=1S/C21H23N3O5S/c1-15(20(26)22-2)23(14-16-8-4-3-5-9-16)19(25)12-13-24-21(27)17-10-6-7-11-18(17)30(24,28)29/h3-11,15H,12-14H2,1-2H3,(H,22,26)/t15-/m0/s1. The van der Waals surface area contributed by atoms with Crippen molar-refractivity contribution in [1.29, 1.82) is 0 Å². The molecule has 3 amide bonds. The maximum absolute atomic E-state index is 13.0. The van der Waals surface area contributed by atoms with Crippen molar-refractivity contribution in [1.82, 2.24) is 14.5 Å². The van der Waals surface area contributed by atoms with Crippen LogP contribution in [0.4, 0.5) is 0 Å². The first kappa shape index (κ1) is 21.5. The average Bonchev–Trinajstić information content (AvgIpc) is 2.95. The Balaban J connectivity index is 1.78. The number of rotatable bonds is 7. The third-order valence-electron chi connectivity index (χ3n) is 5.05. The molecule has 0 radical (unpaired) electrons. The Morgan fingerprint density at radius 2 is 1.70 bits per heavy atom. The second-order valence-corrected chi connectivity index (χ2v) is 8.76. The van der Waals surface area contributed by atoms with Crippen molar-refractivity contribution in [3.05, 3.63) is 65.7 Å². The van der Waals surface area contributed by atoms with Crippen LogP contribution in [0.1, 0.15) is 29.3 Å². The molecule has 2 aromatic rings. The Morgan fingerprint density at radius 1 is 1.07 bits per heavy atom. The van der Waals surface area contributed by atoms with E-state index in [9.17, 15) is 22.8 Å². The lowest BCUT2D eigenvalue weighted by Gasteiger charge is -2.29. The Bertz CT molecular complexity index is 1070. The van der Waals surface area contributed by atoms with Crippen LogP contribution < -0.4 is 5.32 Å². The van der Waals surface area contributed by atoms with Gasteiger partial charge in [0.05, 0.1) is 5.56 Å². The maximum Gasteiger partial charge on any atom is 0.269 e. The largest absolute Gasteiger partial charge is 0.357 e. The van der Waals surface area contributed by atoms with Gasteiger partial charge in [-0.05, 0) is 24.6 Å². The fraction of sp³-hybridized carbons (Fsp3) is 0.286. The number of hydrogen-bond donors (Lipinski definition) is 1. The van der Waals surface area contributed by atoms with Gasteiger partial charge in [0.1, 0.15) is 10.9 Å². The molecule has 0 saturated heterocycles. The van der Waals surface area contributed by atoms with E-state index in [-0.39, 0.29) is 35.9 Å². The fourth-order valence-corrected chi connectivity index (χ4v) is 4.93. The zero-order valence-electron chi connectivity index (χ0n) is 16.7. The molecule has 3 rings (SSSR count). The summed E-state index contributed by atoms with van der Waals surface area (Å²) in [6, 6.07) is 14.4. The number of fused-ring (bicyclic) bond motifs is 1. The van der Waals surface area contributed by atoms with Crippen molar-refractivity contribution in [3.63, 3.8) is 0 Å². The number of carbonyl (C=O) groups excluding carboxylic acids is 3. The summed E-state index contributed by atoms with van der Waals surface area (Å²) in [6.07, 6.45) is -0.229. The number of nitrogens with one attached hydrogen (secondary N) is 1. The summed E-state index contributed by atoms with van der Waals surface area (Å²) in [6.45, 7) is 1.50. The SMILES string of the molecule is CNC(=O)[C@H](C)N(Cc1ccccc1)C(=O)CCN1C(=O)c2ccccc2S1(=O)=O. The predicted octanol–water partition coefficient (Wildman–Crippen LogP) is 1.38. The zero-order chi connectivity index (χ0) is 21.9. The Kier molecular flexibility index (Phi) is 6.21. The van der Waals surface area contributed by atoms with Crippen molar-refractivity contribution in [2.24, 2.45) is 0 Å². The third-order valence-corrected chi connectivity index (χ3v) is 6.89. The number of nitrogens with zero attached hydrogens (tertiary/aromatic N) is 2. The molecule has 0 spiro atoms. The first-order valence-electron chi connectivity index (χ1n) is 9.48. The minimum Gasteiger partial charge on any atom is -0.357 e. The monoisotopic (exact) mass is 429 g/mol. The molecule has 1 aliphatic rings. The number of amides is 3. The molecule has 1 heterocycles. The lowest BCUT2D eigenvalue weighted by atomic mass is 10.1. The van der Waals surface area contributed by atoms with Crippen LogP contribution in [0.15, 0.2) is 59.5 Å². The first-order valence-corrected chi connectivity index (χ1v) is 10.9. The van der Waals surface area contributed by atoms with E-state index >= 15 is 0 Å². The number of sulfonamides is 1. The van der Waals surface area contributed by atoms with Gasteiger partial charge >= 0.3 is 0 Å². The van der Waals surface area contributed by atoms with Crippen LogP contribution in [0.5, 0.6) is 0 Å². The number of likely N-dealkylation sites (N-methyl/N-ethyl adjacent to an activating group) is 1. The number of carbonyl (C=O) groups is 3. The van der Waals surface area contributed by atoms with Crippen molar-refractivity contribution in [3.8, 4) is 0 Å². The molecular weight excluding hydrogens is 406 g/mol. The Morgan fingerprint density at radius 3 is 2.33 bits per heavy atom. The second-order valence-electron chi connectivity index (χ2n) is 6.93. The maximum atomic E-state index is 13.0. The quantitative estimate of drug-likeness (QED) is 0.716. The third kappa shape index (κ3) is 4.06. The van der Waals surface area contributed by atoms with E-state index < -0.39 is 27.9 Å². The van der Waals surface area contributed by atoms with Gasteiger partial charge in [0.25, 0.3) is 15.9 Å². The van der Waals surface area contributed by atoms with Crippen LogP contribution in [-0.4, -0.2) is 55.0 Å². The van der Waals surface area contributed by atoms with E-state index in [0.717, 1.165) is 9.87 Å². The lowest BCUT2D eigenvalue weighted by Crippen LogP contribution is -2.47. The van der Waals surface area contributed by atoms with Crippen molar-refractivity contribution >= 4 is 27.7 Å². The van der Waals surface area contributed by atoms with Gasteiger partial charge in [0, 0.05) is 26.6 Å². The van der Waals surface area contributed by atoms with Crippen LogP contribution in [0, 0.1) is 0 Å². The summed E-state index contributed by atoms with van der Waals surface area (Å²) in [4.78, 5) is 39.0. The van der Waals surface area contributed by atoms with Gasteiger partial charge in [-0.1, -0.05) is 42.5 Å². The van der Waals surface area contributed by atoms with Crippen LogP contribution in [0.25, 0.3) is 0 Å². The molecule has 1 atom stereocenters. The van der Waals surface area contributed by atoms with Gasteiger partial charge in [-0.3, -0.25) is 14.4 Å². The summed E-state index contributed by atoms with van der Waals surface area (Å²) in [7, 11) is -2.50. The van der Waals surface area contributed by atoms with Crippen molar-refractivity contribution < 1.29 is 22.8 Å². The van der Waals surface area contributed by atoms with E-state index in [1.165, 1.54) is 24.1 Å². The molecule has 9 heteroatoms. The van der Waals surface area contributed by atoms with E-state index in [1.807, 2.05) is 30.3 Å². The molecule has 1 aliphatic heterocycles. The Labute approximate surface area is 175 Å². The summed E-state index contributed by atoms with van der Waals surface area (Å²) in [5.74, 6) is -1.40. The zero-order valence-corrected chi connectivity index (χ0v) is 17.6. The fourth-order valence-electron chi connectivity index (χ4n) is 3.36. The molecule has 0 aromatic heterocycles. The van der Waals surface area contributed by atoms with E-state index in [4.69, 9.17) is 0 Å². The van der Waals surface area contributed by atoms with Gasteiger partial charge in [-0.15, -0.1) is 0 Å². The van der Waals surface area contributed by atoms with Gasteiger partial charge in [0.2, 0.25) is 11.8 Å². The van der Waals surface area contributed by atoms with Crippen LogP contribution >= 0.6 is 0 Å². The molecular formula is C21H23N3O5S. The first-order chi connectivity index (χ1) is 14.3. The molecule has 0 unspecified atom stereocenters. The lowest BCUT2D eigenvalue weighted by molar-refractivity contribution is -0.140. The highest BCUT2D eigenvalue weighted by atomic mass is 32.2. The summed E-state index contributed by atoms with van der Waals surface area (Å²) in [5.41, 5.74) is 0.934. The highest BCUT2D eigenvalue weighted by Crippen LogP contribution is 2.30. The molecule has 0 bridgehead atoms. The number of benzene rings is 2. The topological polar surface area (TPSA) is 104 Å². The van der Waals surface area contributed by atoms with Crippen LogP contribution in [-0.2, 0) is 26.2 Å². The summed E-state index contributed by atoms with van der Waals surface area (Å²) < 4.78 is 26.1. The van der Waals surface area contributed by atoms with Crippen LogP contribution in [0.2, 0.25) is 0 Å². The average molecular weight is 429 g/mol. The van der Waals surface area contributed by atoms with Crippen LogP contribution in [0.3, 0.4) is 0 Å². The highest BCUT2D eigenvalue weighted by Gasteiger charge is 2.41. The van der Waals surface area contributed by atoms with Crippen molar-refractivity contribution in [2.75, 3.05) is 13.6 Å². The van der Waals surface area contributed by atoms with Gasteiger partial charge in [-0.2, -0.15) is 0 Å². The minimum atomic E-state index is -3.98. The normalized spacial score (nSPS) is 15.4. The van der Waals surface area contributed by atoms with Gasteiger partial charge in [-0.25, -0.2) is 12.7 Å². The van der Waals surface area contributed by atoms with Crippen molar-refractivity contribution in [2.45, 2.75) is 30.8 Å². The molecule has 0 aliphatic carbocycles. The highest BCUT2D eigenvalue weighted by molar-refractivity contribution is 7.90. The molecule has 1 N–H and O–H groups in total. The molecule has 8 nitrogen and oxygen atoms in total. The smallest absolute Gasteiger partial charge is 0.269 e. The molecule has 30 heavy (non-hydrogen) atoms. The predicted molar refractivity (Wildman–Crippen MR) is 110 cm³/mol. The molecule has 158 valence electrons. The van der Waals surface area contributed by atoms with E-state index in [1.54, 1.807) is 19.1 Å².